The largest absolute Gasteiger partial charge is 0.393 e. The Hall–Kier alpha value is -0.725. The minimum absolute atomic E-state index is 0.947. The quantitative estimate of drug-likeness (QED) is 0.415. The Morgan fingerprint density at radius 2 is 2.57 bits per heavy atom. The Balaban J connectivity index is 3.04. The van der Waals surface area contributed by atoms with Crippen LogP contribution < -0.4 is 0 Å². The van der Waals surface area contributed by atoms with E-state index in [1.165, 1.54) is 4.48 Å². The molecule has 0 aliphatic carbocycles. The third-order valence-corrected chi connectivity index (χ3v) is 0.731. The summed E-state index contributed by atoms with van der Waals surface area (Å²) in [4.78, 5) is 3.85. The molecule has 1 aromatic rings. The van der Waals surface area contributed by atoms with Crippen LogP contribution in [0.15, 0.2) is 12.5 Å². The lowest BCUT2D eigenvalue weighted by Crippen LogP contribution is -1.81. The van der Waals surface area contributed by atoms with Crippen molar-refractivity contribution in [3.63, 3.8) is 0 Å². The SMILES string of the molecule is [B]n1cnc(C)c1. The fourth-order valence-electron chi connectivity index (χ4n) is 0.440. The van der Waals surface area contributed by atoms with Crippen molar-refractivity contribution in [1.82, 2.24) is 9.46 Å². The van der Waals surface area contributed by atoms with Gasteiger partial charge < -0.3 is 4.48 Å². The molecule has 0 amide bonds. The van der Waals surface area contributed by atoms with Crippen LogP contribution in [-0.2, 0) is 0 Å². The highest BCUT2D eigenvalue weighted by Crippen LogP contribution is 1.86. The molecule has 0 unspecified atom stereocenters. The number of rotatable bonds is 0. The van der Waals surface area contributed by atoms with Crippen molar-refractivity contribution in [3.05, 3.63) is 18.2 Å². The van der Waals surface area contributed by atoms with Crippen LogP contribution in [0.4, 0.5) is 0 Å². The number of hydrogen-bond donors (Lipinski definition) is 0. The molecular weight excluding hydrogens is 86.9 g/mol. The lowest BCUT2D eigenvalue weighted by Gasteiger charge is -1.78. The molecule has 0 atom stereocenters. The molecule has 0 bridgehead atoms. The molecule has 34 valence electrons. The fourth-order valence-corrected chi connectivity index (χ4v) is 0.440. The van der Waals surface area contributed by atoms with Gasteiger partial charge in [-0.15, -0.1) is 0 Å². The van der Waals surface area contributed by atoms with Gasteiger partial charge in [0, 0.05) is 6.20 Å². The van der Waals surface area contributed by atoms with E-state index in [0.717, 1.165) is 5.69 Å². The van der Waals surface area contributed by atoms with E-state index in [2.05, 4.69) is 4.98 Å². The van der Waals surface area contributed by atoms with Crippen molar-refractivity contribution in [1.29, 1.82) is 0 Å². The molecule has 0 saturated carbocycles. The lowest BCUT2D eigenvalue weighted by atomic mass is 10.4. The smallest absolute Gasteiger partial charge is 0.235 e. The van der Waals surface area contributed by atoms with Crippen LogP contribution in [0.1, 0.15) is 5.69 Å². The molecule has 0 saturated heterocycles. The molecule has 0 fully saturated rings. The van der Waals surface area contributed by atoms with Gasteiger partial charge in [0.05, 0.1) is 12.0 Å². The molecule has 1 heterocycles. The van der Waals surface area contributed by atoms with Gasteiger partial charge in [-0.3, -0.25) is 0 Å². The third kappa shape index (κ3) is 0.826. The van der Waals surface area contributed by atoms with E-state index in [1.54, 1.807) is 12.5 Å². The zero-order valence-electron chi connectivity index (χ0n) is 4.13. The summed E-state index contributed by atoms with van der Waals surface area (Å²) in [7, 11) is 5.23. The molecule has 2 radical (unpaired) electrons. The first kappa shape index (κ1) is 4.43. The second-order valence-corrected chi connectivity index (χ2v) is 1.46. The van der Waals surface area contributed by atoms with E-state index in [0.29, 0.717) is 0 Å². The number of aromatic nitrogens is 2. The average molecular weight is 91.9 g/mol. The molecular formula is C4H5BN2. The van der Waals surface area contributed by atoms with E-state index in [4.69, 9.17) is 7.98 Å². The van der Waals surface area contributed by atoms with Gasteiger partial charge in [-0.25, -0.2) is 4.98 Å². The average Bonchev–Trinajstić information content (AvgIpc) is 1.87. The molecule has 1 aromatic heterocycles. The monoisotopic (exact) mass is 92.1 g/mol. The minimum Gasteiger partial charge on any atom is -0.393 e. The summed E-state index contributed by atoms with van der Waals surface area (Å²) in [6.45, 7) is 1.89. The number of aryl methyl sites for hydroxylation is 1. The van der Waals surface area contributed by atoms with Crippen molar-refractivity contribution in [2.75, 3.05) is 0 Å². The maximum atomic E-state index is 5.23. The number of imidazole rings is 1. The molecule has 0 aliphatic heterocycles. The molecule has 0 spiro atoms. The number of nitrogens with zero attached hydrogens (tertiary/aromatic N) is 2. The Morgan fingerprint density at radius 3 is 2.71 bits per heavy atom. The first-order chi connectivity index (χ1) is 3.29. The van der Waals surface area contributed by atoms with Crippen molar-refractivity contribution >= 4 is 7.98 Å². The van der Waals surface area contributed by atoms with Gasteiger partial charge in [0.15, 0.2) is 0 Å². The molecule has 2 nitrogen and oxygen atoms in total. The second-order valence-electron chi connectivity index (χ2n) is 1.46. The molecule has 0 N–H and O–H groups in total. The van der Waals surface area contributed by atoms with Crippen LogP contribution >= 0.6 is 0 Å². The summed E-state index contributed by atoms with van der Waals surface area (Å²) < 4.78 is 1.43. The van der Waals surface area contributed by atoms with Gasteiger partial charge in [0.1, 0.15) is 0 Å². The highest BCUT2D eigenvalue weighted by molar-refractivity contribution is 6.06. The van der Waals surface area contributed by atoms with Crippen molar-refractivity contribution in [2.45, 2.75) is 6.92 Å². The van der Waals surface area contributed by atoms with Gasteiger partial charge >= 0.3 is 0 Å². The third-order valence-electron chi connectivity index (χ3n) is 0.731. The predicted octanol–water partition coefficient (Wildman–Crippen LogP) is 0.123. The lowest BCUT2D eigenvalue weighted by molar-refractivity contribution is 1.21. The Bertz CT molecular complexity index is 142. The molecule has 3 heteroatoms. The van der Waals surface area contributed by atoms with Crippen molar-refractivity contribution < 1.29 is 0 Å². The van der Waals surface area contributed by atoms with E-state index in [9.17, 15) is 0 Å². The van der Waals surface area contributed by atoms with Gasteiger partial charge in [-0.2, -0.15) is 0 Å². The van der Waals surface area contributed by atoms with Gasteiger partial charge in [-0.1, -0.05) is 0 Å². The Labute approximate surface area is 43.6 Å². The maximum Gasteiger partial charge on any atom is 0.235 e. The molecule has 1 rings (SSSR count). The summed E-state index contributed by atoms with van der Waals surface area (Å²) in [6.07, 6.45) is 3.31. The maximum absolute atomic E-state index is 5.23. The van der Waals surface area contributed by atoms with Crippen molar-refractivity contribution in [2.24, 2.45) is 0 Å². The first-order valence-corrected chi connectivity index (χ1v) is 2.05. The highest BCUT2D eigenvalue weighted by atomic mass is 14.9. The summed E-state index contributed by atoms with van der Waals surface area (Å²) in [5, 5.41) is 0. The molecule has 0 aromatic carbocycles. The summed E-state index contributed by atoms with van der Waals surface area (Å²) in [5.41, 5.74) is 0.947. The molecule has 7 heavy (non-hydrogen) atoms. The van der Waals surface area contributed by atoms with Gasteiger partial charge in [0.2, 0.25) is 7.98 Å². The summed E-state index contributed by atoms with van der Waals surface area (Å²) >= 11 is 0. The van der Waals surface area contributed by atoms with E-state index in [-0.39, 0.29) is 0 Å². The minimum atomic E-state index is 0.947. The topological polar surface area (TPSA) is 17.8 Å². The van der Waals surface area contributed by atoms with Crippen molar-refractivity contribution in [3.8, 4) is 0 Å². The Morgan fingerprint density at radius 1 is 1.86 bits per heavy atom. The predicted molar refractivity (Wildman–Crippen MR) is 28.1 cm³/mol. The first-order valence-electron chi connectivity index (χ1n) is 2.05. The van der Waals surface area contributed by atoms with Crippen LogP contribution in [0.5, 0.6) is 0 Å². The van der Waals surface area contributed by atoms with Crippen LogP contribution in [0, 0.1) is 6.92 Å². The fraction of sp³-hybridized carbons (Fsp3) is 0.250. The zero-order valence-corrected chi connectivity index (χ0v) is 4.13. The van der Waals surface area contributed by atoms with Crippen LogP contribution in [0.2, 0.25) is 0 Å². The standard InChI is InChI=1S/C4H5BN2/c1-4-2-7(5)3-6-4/h2-3H,1H3. The highest BCUT2D eigenvalue weighted by Gasteiger charge is 1.81. The van der Waals surface area contributed by atoms with Gasteiger partial charge in [-0.05, 0) is 6.92 Å². The normalized spacial score (nSPS) is 9.29. The van der Waals surface area contributed by atoms with Crippen LogP contribution in [0.3, 0.4) is 0 Å². The van der Waals surface area contributed by atoms with Gasteiger partial charge in [0.25, 0.3) is 0 Å². The summed E-state index contributed by atoms with van der Waals surface area (Å²) in [6, 6.07) is 0. The van der Waals surface area contributed by atoms with Crippen LogP contribution in [0.25, 0.3) is 0 Å². The van der Waals surface area contributed by atoms with E-state index < -0.39 is 0 Å². The van der Waals surface area contributed by atoms with E-state index >= 15 is 0 Å². The number of hydrogen-bond acceptors (Lipinski definition) is 1. The summed E-state index contributed by atoms with van der Waals surface area (Å²) in [5.74, 6) is 0. The molecule has 0 aliphatic rings. The van der Waals surface area contributed by atoms with E-state index in [1.807, 2.05) is 6.92 Å². The second kappa shape index (κ2) is 1.41. The Kier molecular flexibility index (Phi) is 0.892. The van der Waals surface area contributed by atoms with Crippen LogP contribution in [-0.4, -0.2) is 17.4 Å². The zero-order chi connectivity index (χ0) is 5.28.